The summed E-state index contributed by atoms with van der Waals surface area (Å²) in [5.74, 6) is 0.579. The molecule has 1 N–H and O–H groups in total. The second kappa shape index (κ2) is 6.87. The van der Waals surface area contributed by atoms with Gasteiger partial charge in [-0.05, 0) is 24.6 Å². The zero-order chi connectivity index (χ0) is 16.1. The van der Waals surface area contributed by atoms with Crippen LogP contribution in [0.3, 0.4) is 0 Å². The lowest BCUT2D eigenvalue weighted by molar-refractivity contribution is -0.121. The van der Waals surface area contributed by atoms with Gasteiger partial charge in [0.2, 0.25) is 17.7 Å². The molecule has 0 radical (unpaired) electrons. The van der Waals surface area contributed by atoms with Crippen LogP contribution in [0.2, 0.25) is 0 Å². The molecule has 0 fully saturated rings. The Balaban J connectivity index is 1.61. The molecular weight excluding hydrogens is 290 g/mol. The Labute approximate surface area is 134 Å². The molecule has 3 rings (SSSR count). The van der Waals surface area contributed by atoms with Gasteiger partial charge in [0.25, 0.3) is 0 Å². The Morgan fingerprint density at radius 2 is 1.70 bits per heavy atom. The van der Waals surface area contributed by atoms with Crippen LogP contribution < -0.4 is 5.32 Å². The Kier molecular flexibility index (Phi) is 4.47. The van der Waals surface area contributed by atoms with Crippen molar-refractivity contribution in [1.82, 2.24) is 15.5 Å². The minimum atomic E-state index is -0.149. The standard InChI is InChI=1S/C18H17N3O2/c1-13(14-8-4-2-5-9-14)19-16(22)12-17-20-21-18(23-17)15-10-6-3-7-11-15/h2-11,13H,12H2,1H3,(H,19,22)/t13-/m1/s1. The van der Waals surface area contributed by atoms with Crippen LogP contribution in [0.5, 0.6) is 0 Å². The first-order valence-electron chi connectivity index (χ1n) is 7.44. The lowest BCUT2D eigenvalue weighted by Crippen LogP contribution is -2.28. The summed E-state index contributed by atoms with van der Waals surface area (Å²) in [4.78, 5) is 12.1. The highest BCUT2D eigenvalue weighted by atomic mass is 16.4. The number of carbonyl (C=O) groups is 1. The topological polar surface area (TPSA) is 68.0 Å². The predicted molar refractivity (Wildman–Crippen MR) is 86.4 cm³/mol. The summed E-state index contributed by atoms with van der Waals surface area (Å²) in [5, 5.41) is 10.8. The average Bonchev–Trinajstić information content (AvgIpc) is 3.04. The molecule has 1 heterocycles. The van der Waals surface area contributed by atoms with Crippen LogP contribution in [0, 0.1) is 0 Å². The Hall–Kier alpha value is -2.95. The maximum absolute atomic E-state index is 12.1. The fourth-order valence-corrected chi connectivity index (χ4v) is 2.28. The normalized spacial score (nSPS) is 11.9. The van der Waals surface area contributed by atoms with Gasteiger partial charge in [-0.25, -0.2) is 0 Å². The van der Waals surface area contributed by atoms with E-state index in [4.69, 9.17) is 4.42 Å². The second-order valence-electron chi connectivity index (χ2n) is 5.24. The molecule has 0 aliphatic rings. The van der Waals surface area contributed by atoms with Crippen LogP contribution in [-0.4, -0.2) is 16.1 Å². The molecule has 3 aromatic rings. The zero-order valence-corrected chi connectivity index (χ0v) is 12.8. The lowest BCUT2D eigenvalue weighted by atomic mass is 10.1. The van der Waals surface area contributed by atoms with Gasteiger partial charge in [-0.1, -0.05) is 48.5 Å². The van der Waals surface area contributed by atoms with Crippen molar-refractivity contribution in [1.29, 1.82) is 0 Å². The van der Waals surface area contributed by atoms with Crippen molar-refractivity contribution in [3.63, 3.8) is 0 Å². The van der Waals surface area contributed by atoms with Gasteiger partial charge < -0.3 is 9.73 Å². The van der Waals surface area contributed by atoms with E-state index in [0.29, 0.717) is 11.8 Å². The van der Waals surface area contributed by atoms with E-state index >= 15 is 0 Å². The van der Waals surface area contributed by atoms with Gasteiger partial charge in [0.1, 0.15) is 6.42 Å². The highest BCUT2D eigenvalue weighted by molar-refractivity contribution is 5.78. The third kappa shape index (κ3) is 3.83. The molecule has 1 aromatic heterocycles. The van der Waals surface area contributed by atoms with Gasteiger partial charge in [-0.3, -0.25) is 4.79 Å². The Bertz CT molecular complexity index is 769. The third-order valence-corrected chi connectivity index (χ3v) is 3.48. The third-order valence-electron chi connectivity index (χ3n) is 3.48. The van der Waals surface area contributed by atoms with Crippen molar-refractivity contribution in [3.8, 4) is 11.5 Å². The number of benzene rings is 2. The van der Waals surface area contributed by atoms with Crippen LogP contribution >= 0.6 is 0 Å². The molecular formula is C18H17N3O2. The van der Waals surface area contributed by atoms with Gasteiger partial charge in [-0.2, -0.15) is 0 Å². The number of rotatable bonds is 5. The van der Waals surface area contributed by atoms with Crippen molar-refractivity contribution >= 4 is 5.91 Å². The first kappa shape index (κ1) is 15.0. The van der Waals surface area contributed by atoms with Gasteiger partial charge in [0.15, 0.2) is 0 Å². The monoisotopic (exact) mass is 307 g/mol. The SMILES string of the molecule is C[C@@H](NC(=O)Cc1nnc(-c2ccccc2)o1)c1ccccc1. The number of nitrogens with one attached hydrogen (secondary N) is 1. The minimum Gasteiger partial charge on any atom is -0.420 e. The molecule has 1 amide bonds. The number of aromatic nitrogens is 2. The first-order valence-corrected chi connectivity index (χ1v) is 7.44. The van der Waals surface area contributed by atoms with Crippen molar-refractivity contribution in [2.24, 2.45) is 0 Å². The number of nitrogens with zero attached hydrogens (tertiary/aromatic N) is 2. The van der Waals surface area contributed by atoms with Crippen LogP contribution in [0.25, 0.3) is 11.5 Å². The van der Waals surface area contributed by atoms with Crippen LogP contribution in [0.1, 0.15) is 24.4 Å². The van der Waals surface area contributed by atoms with E-state index < -0.39 is 0 Å². The molecule has 5 nitrogen and oxygen atoms in total. The van der Waals surface area contributed by atoms with E-state index in [0.717, 1.165) is 11.1 Å². The van der Waals surface area contributed by atoms with Gasteiger partial charge in [0, 0.05) is 5.56 Å². The van der Waals surface area contributed by atoms with E-state index in [9.17, 15) is 4.79 Å². The average molecular weight is 307 g/mol. The molecule has 5 heteroatoms. The van der Waals surface area contributed by atoms with E-state index in [1.165, 1.54) is 0 Å². The van der Waals surface area contributed by atoms with Crippen molar-refractivity contribution in [2.45, 2.75) is 19.4 Å². The number of hydrogen-bond donors (Lipinski definition) is 1. The lowest BCUT2D eigenvalue weighted by Gasteiger charge is -2.13. The smallest absolute Gasteiger partial charge is 0.247 e. The second-order valence-corrected chi connectivity index (χ2v) is 5.24. The summed E-state index contributed by atoms with van der Waals surface area (Å²) >= 11 is 0. The largest absolute Gasteiger partial charge is 0.420 e. The highest BCUT2D eigenvalue weighted by Crippen LogP contribution is 2.17. The summed E-state index contributed by atoms with van der Waals surface area (Å²) in [6, 6.07) is 19.2. The molecule has 1 atom stereocenters. The van der Waals surface area contributed by atoms with E-state index in [-0.39, 0.29) is 18.4 Å². The summed E-state index contributed by atoms with van der Waals surface area (Å²) in [7, 11) is 0. The fourth-order valence-electron chi connectivity index (χ4n) is 2.28. The Morgan fingerprint density at radius 1 is 1.04 bits per heavy atom. The summed E-state index contributed by atoms with van der Waals surface area (Å²) < 4.78 is 5.54. The molecule has 0 saturated carbocycles. The Morgan fingerprint density at radius 3 is 2.39 bits per heavy atom. The van der Waals surface area contributed by atoms with Crippen molar-refractivity contribution in [2.75, 3.05) is 0 Å². The maximum Gasteiger partial charge on any atom is 0.247 e. The summed E-state index contributed by atoms with van der Waals surface area (Å²) in [6.07, 6.45) is 0.0665. The number of carbonyl (C=O) groups excluding carboxylic acids is 1. The predicted octanol–water partition coefficient (Wildman–Crippen LogP) is 3.16. The zero-order valence-electron chi connectivity index (χ0n) is 12.8. The van der Waals surface area contributed by atoms with Crippen molar-refractivity contribution in [3.05, 3.63) is 72.1 Å². The molecule has 0 aliphatic heterocycles. The highest BCUT2D eigenvalue weighted by Gasteiger charge is 2.14. The van der Waals surface area contributed by atoms with Crippen molar-refractivity contribution < 1.29 is 9.21 Å². The molecule has 0 spiro atoms. The van der Waals surface area contributed by atoms with E-state index in [1.807, 2.05) is 67.6 Å². The molecule has 0 saturated heterocycles. The van der Waals surface area contributed by atoms with Crippen LogP contribution in [0.15, 0.2) is 65.1 Å². The molecule has 0 unspecified atom stereocenters. The quantitative estimate of drug-likeness (QED) is 0.786. The molecule has 0 aliphatic carbocycles. The molecule has 0 bridgehead atoms. The minimum absolute atomic E-state index is 0.0665. The summed E-state index contributed by atoms with van der Waals surface area (Å²) in [6.45, 7) is 1.94. The first-order chi connectivity index (χ1) is 11.2. The number of hydrogen-bond acceptors (Lipinski definition) is 4. The van der Waals surface area contributed by atoms with Gasteiger partial charge in [0.05, 0.1) is 6.04 Å². The van der Waals surface area contributed by atoms with E-state index in [2.05, 4.69) is 15.5 Å². The van der Waals surface area contributed by atoms with Crippen LogP contribution in [-0.2, 0) is 11.2 Å². The molecule has 2 aromatic carbocycles. The number of amides is 1. The van der Waals surface area contributed by atoms with E-state index in [1.54, 1.807) is 0 Å². The fraction of sp³-hybridized carbons (Fsp3) is 0.167. The van der Waals surface area contributed by atoms with Gasteiger partial charge >= 0.3 is 0 Å². The van der Waals surface area contributed by atoms with Crippen LogP contribution in [0.4, 0.5) is 0 Å². The molecule has 116 valence electrons. The maximum atomic E-state index is 12.1. The summed E-state index contributed by atoms with van der Waals surface area (Å²) in [5.41, 5.74) is 1.89. The molecule has 23 heavy (non-hydrogen) atoms. The van der Waals surface area contributed by atoms with Gasteiger partial charge in [-0.15, -0.1) is 10.2 Å².